The number of benzene rings is 1. The van der Waals surface area contributed by atoms with Gasteiger partial charge in [-0.3, -0.25) is 9.78 Å². The molecule has 0 saturated carbocycles. The van der Waals surface area contributed by atoms with Gasteiger partial charge in [-0.1, -0.05) is 15.9 Å². The molecule has 5 heteroatoms. The lowest BCUT2D eigenvalue weighted by molar-refractivity contribution is 0.0694. The van der Waals surface area contributed by atoms with Crippen molar-refractivity contribution in [2.75, 3.05) is 0 Å². The number of carbonyl (C=O) groups is 2. The van der Waals surface area contributed by atoms with Gasteiger partial charge in [0.15, 0.2) is 5.78 Å². The van der Waals surface area contributed by atoms with Crippen LogP contribution in [0, 0.1) is 0 Å². The fraction of sp³-hybridized carbons (Fsp3) is 0.0833. The van der Waals surface area contributed by atoms with Crippen molar-refractivity contribution in [2.45, 2.75) is 6.92 Å². The first-order valence-electron chi connectivity index (χ1n) is 4.83. The number of nitrogens with zero attached hydrogens (tertiary/aromatic N) is 1. The minimum Gasteiger partial charge on any atom is -0.478 e. The van der Waals surface area contributed by atoms with Gasteiger partial charge in [-0.25, -0.2) is 4.79 Å². The van der Waals surface area contributed by atoms with Crippen LogP contribution < -0.4 is 0 Å². The number of carboxylic acids is 1. The number of ketones is 1. The first-order valence-corrected chi connectivity index (χ1v) is 5.62. The first kappa shape index (κ1) is 11.7. The number of fused-ring (bicyclic) bond motifs is 1. The molecule has 0 fully saturated rings. The third-order valence-electron chi connectivity index (χ3n) is 2.42. The van der Waals surface area contributed by atoms with Crippen molar-refractivity contribution < 1.29 is 14.7 Å². The molecule has 0 radical (unpaired) electrons. The Balaban J connectivity index is 2.92. The second kappa shape index (κ2) is 4.25. The van der Waals surface area contributed by atoms with E-state index in [1.807, 2.05) is 0 Å². The lowest BCUT2D eigenvalue weighted by atomic mass is 10.0. The Bertz CT molecular complexity index is 637. The molecule has 2 aromatic rings. The molecule has 0 amide bonds. The standard InChI is InChI=1S/C12H8BrNO3/c1-6(15)9-5-14-10-3-2-7(13)4-8(10)11(9)12(16)17/h2-5H,1H3,(H,16,17). The molecule has 0 spiro atoms. The summed E-state index contributed by atoms with van der Waals surface area (Å²) in [7, 11) is 0. The molecule has 0 saturated heterocycles. The van der Waals surface area contributed by atoms with Crippen molar-refractivity contribution in [3.05, 3.63) is 40.0 Å². The highest BCUT2D eigenvalue weighted by Gasteiger charge is 2.18. The second-order valence-corrected chi connectivity index (χ2v) is 4.49. The average molecular weight is 294 g/mol. The molecule has 4 nitrogen and oxygen atoms in total. The molecule has 17 heavy (non-hydrogen) atoms. The highest BCUT2D eigenvalue weighted by atomic mass is 79.9. The van der Waals surface area contributed by atoms with Crippen LogP contribution in [-0.4, -0.2) is 21.8 Å². The molecular formula is C12H8BrNO3. The van der Waals surface area contributed by atoms with Crippen LogP contribution in [-0.2, 0) is 0 Å². The van der Waals surface area contributed by atoms with Crippen LogP contribution in [0.4, 0.5) is 0 Å². The fourth-order valence-electron chi connectivity index (χ4n) is 1.66. The quantitative estimate of drug-likeness (QED) is 0.865. The zero-order chi connectivity index (χ0) is 12.6. The van der Waals surface area contributed by atoms with Crippen LogP contribution in [0.2, 0.25) is 0 Å². The predicted octanol–water partition coefficient (Wildman–Crippen LogP) is 2.90. The Labute approximate surface area is 105 Å². The lowest BCUT2D eigenvalue weighted by Gasteiger charge is -2.06. The molecule has 1 aromatic heterocycles. The summed E-state index contributed by atoms with van der Waals surface area (Å²) in [4.78, 5) is 26.7. The number of pyridine rings is 1. The number of hydrogen-bond acceptors (Lipinski definition) is 3. The van der Waals surface area contributed by atoms with E-state index in [4.69, 9.17) is 0 Å². The lowest BCUT2D eigenvalue weighted by Crippen LogP contribution is -2.08. The zero-order valence-electron chi connectivity index (χ0n) is 8.90. The van der Waals surface area contributed by atoms with Gasteiger partial charge >= 0.3 is 5.97 Å². The number of aromatic nitrogens is 1. The van der Waals surface area contributed by atoms with Crippen molar-refractivity contribution in [1.82, 2.24) is 4.98 Å². The van der Waals surface area contributed by atoms with Gasteiger partial charge in [-0.15, -0.1) is 0 Å². The number of rotatable bonds is 2. The SMILES string of the molecule is CC(=O)c1cnc2ccc(Br)cc2c1C(=O)O. The Morgan fingerprint density at radius 2 is 2.06 bits per heavy atom. The summed E-state index contributed by atoms with van der Waals surface area (Å²) in [6.45, 7) is 1.33. The largest absolute Gasteiger partial charge is 0.478 e. The third kappa shape index (κ3) is 2.06. The number of Topliss-reactive ketones (excluding diaryl/α,β-unsaturated/α-hetero) is 1. The summed E-state index contributed by atoms with van der Waals surface area (Å²) >= 11 is 3.27. The van der Waals surface area contributed by atoms with Crippen molar-refractivity contribution in [3.8, 4) is 0 Å². The predicted molar refractivity (Wildman–Crippen MR) is 66.4 cm³/mol. The van der Waals surface area contributed by atoms with E-state index in [1.54, 1.807) is 18.2 Å². The van der Waals surface area contributed by atoms with Gasteiger partial charge < -0.3 is 5.11 Å². The van der Waals surface area contributed by atoms with Crippen LogP contribution in [0.1, 0.15) is 27.6 Å². The molecule has 0 aliphatic heterocycles. The van der Waals surface area contributed by atoms with Crippen LogP contribution >= 0.6 is 15.9 Å². The van der Waals surface area contributed by atoms with Gasteiger partial charge in [0.2, 0.25) is 0 Å². The Hall–Kier alpha value is -1.75. The average Bonchev–Trinajstić information content (AvgIpc) is 2.26. The highest BCUT2D eigenvalue weighted by molar-refractivity contribution is 9.10. The number of hydrogen-bond donors (Lipinski definition) is 1. The number of halogens is 1. The topological polar surface area (TPSA) is 67.3 Å². The summed E-state index contributed by atoms with van der Waals surface area (Å²) < 4.78 is 0.745. The number of carboxylic acid groups (broad SMARTS) is 1. The fourth-order valence-corrected chi connectivity index (χ4v) is 2.02. The maximum Gasteiger partial charge on any atom is 0.337 e. The molecule has 1 aromatic carbocycles. The van der Waals surface area contributed by atoms with E-state index >= 15 is 0 Å². The van der Waals surface area contributed by atoms with E-state index < -0.39 is 5.97 Å². The van der Waals surface area contributed by atoms with E-state index in [0.29, 0.717) is 10.9 Å². The van der Waals surface area contributed by atoms with Crippen molar-refractivity contribution in [3.63, 3.8) is 0 Å². The molecule has 0 aliphatic rings. The zero-order valence-corrected chi connectivity index (χ0v) is 10.5. The normalized spacial score (nSPS) is 10.5. The van der Waals surface area contributed by atoms with Crippen LogP contribution in [0.25, 0.3) is 10.9 Å². The van der Waals surface area contributed by atoms with Gasteiger partial charge in [-0.05, 0) is 25.1 Å². The molecule has 0 unspecified atom stereocenters. The molecular weight excluding hydrogens is 286 g/mol. The first-order chi connectivity index (χ1) is 8.00. The maximum absolute atomic E-state index is 11.4. The smallest absolute Gasteiger partial charge is 0.337 e. The van der Waals surface area contributed by atoms with Gasteiger partial charge in [-0.2, -0.15) is 0 Å². The monoisotopic (exact) mass is 293 g/mol. The van der Waals surface area contributed by atoms with Crippen molar-refractivity contribution in [2.24, 2.45) is 0 Å². The van der Waals surface area contributed by atoms with E-state index in [2.05, 4.69) is 20.9 Å². The molecule has 0 aliphatic carbocycles. The van der Waals surface area contributed by atoms with Crippen LogP contribution in [0.15, 0.2) is 28.9 Å². The van der Waals surface area contributed by atoms with E-state index in [-0.39, 0.29) is 16.9 Å². The van der Waals surface area contributed by atoms with E-state index in [0.717, 1.165) is 4.47 Å². The van der Waals surface area contributed by atoms with Crippen molar-refractivity contribution in [1.29, 1.82) is 0 Å². The molecule has 1 heterocycles. The summed E-state index contributed by atoms with van der Waals surface area (Å²) in [5.74, 6) is -1.43. The summed E-state index contributed by atoms with van der Waals surface area (Å²) in [6, 6.07) is 5.13. The van der Waals surface area contributed by atoms with E-state index in [9.17, 15) is 14.7 Å². The van der Waals surface area contributed by atoms with E-state index in [1.165, 1.54) is 13.1 Å². The summed E-state index contributed by atoms with van der Waals surface area (Å²) in [5, 5.41) is 9.67. The van der Waals surface area contributed by atoms with Gasteiger partial charge in [0.05, 0.1) is 16.6 Å². The molecule has 0 bridgehead atoms. The third-order valence-corrected chi connectivity index (χ3v) is 2.92. The van der Waals surface area contributed by atoms with Crippen LogP contribution in [0.5, 0.6) is 0 Å². The molecule has 2 rings (SSSR count). The second-order valence-electron chi connectivity index (χ2n) is 3.57. The minimum atomic E-state index is -1.12. The van der Waals surface area contributed by atoms with Gasteiger partial charge in [0.25, 0.3) is 0 Å². The van der Waals surface area contributed by atoms with Gasteiger partial charge in [0.1, 0.15) is 0 Å². The minimum absolute atomic E-state index is 0.00352. The highest BCUT2D eigenvalue weighted by Crippen LogP contribution is 2.24. The Morgan fingerprint density at radius 1 is 1.35 bits per heavy atom. The summed E-state index contributed by atoms with van der Waals surface area (Å²) in [6.07, 6.45) is 1.31. The maximum atomic E-state index is 11.4. The molecule has 86 valence electrons. The Kier molecular flexibility index (Phi) is 2.93. The number of aromatic carboxylic acids is 1. The summed E-state index contributed by atoms with van der Waals surface area (Å²) in [5.41, 5.74) is 0.683. The molecule has 0 atom stereocenters. The van der Waals surface area contributed by atoms with Crippen molar-refractivity contribution >= 4 is 38.6 Å². The Morgan fingerprint density at radius 3 is 2.65 bits per heavy atom. The van der Waals surface area contributed by atoms with Crippen LogP contribution in [0.3, 0.4) is 0 Å². The number of carbonyl (C=O) groups excluding carboxylic acids is 1. The molecule has 1 N–H and O–H groups in total. The van der Waals surface area contributed by atoms with Gasteiger partial charge in [0, 0.05) is 16.1 Å².